The summed E-state index contributed by atoms with van der Waals surface area (Å²) in [7, 11) is 0. The molecular weight excluding hydrogens is 114 g/mol. The summed E-state index contributed by atoms with van der Waals surface area (Å²) in [5.74, 6) is 0. The minimum atomic E-state index is -1.51. The third-order valence-corrected chi connectivity index (χ3v) is 0.564. The Morgan fingerprint density at radius 3 is 2.25 bits per heavy atom. The van der Waals surface area contributed by atoms with Crippen LogP contribution < -0.4 is 0 Å². The van der Waals surface area contributed by atoms with Crippen molar-refractivity contribution in [3.63, 3.8) is 0 Å². The van der Waals surface area contributed by atoms with Gasteiger partial charge in [0.05, 0.1) is 0 Å². The average molecular weight is 121 g/mol. The second-order valence-corrected chi connectivity index (χ2v) is 1.31. The minimum absolute atomic E-state index is 1.09. The van der Waals surface area contributed by atoms with E-state index in [0.717, 1.165) is 0 Å². The molecule has 0 spiro atoms. The Hall–Kier alpha value is -0.680. The van der Waals surface area contributed by atoms with E-state index in [9.17, 15) is 4.91 Å². The normalized spacial score (nSPS) is 16.9. The molecule has 2 N–H and O–H groups in total. The van der Waals surface area contributed by atoms with E-state index in [0.29, 0.717) is 0 Å². The smallest absolute Gasteiger partial charge is 0.253 e. The molecule has 5 heteroatoms. The summed E-state index contributed by atoms with van der Waals surface area (Å²) in [6, 6.07) is 0. The maximum absolute atomic E-state index is 9.18. The molecule has 0 amide bonds. The zero-order chi connectivity index (χ0) is 6.57. The van der Waals surface area contributed by atoms with Gasteiger partial charge in [-0.15, -0.1) is 4.91 Å². The molecule has 48 valence electrons. The molecule has 0 aliphatic rings. The van der Waals surface area contributed by atoms with Crippen LogP contribution in [0.4, 0.5) is 0 Å². The van der Waals surface area contributed by atoms with Gasteiger partial charge in [-0.05, 0) is 6.92 Å². The van der Waals surface area contributed by atoms with Crippen molar-refractivity contribution in [1.29, 1.82) is 0 Å². The van der Waals surface area contributed by atoms with Crippen molar-refractivity contribution in [2.45, 2.75) is 19.3 Å². The predicted molar refractivity (Wildman–Crippen MR) is 24.6 cm³/mol. The maximum atomic E-state index is 9.18. The van der Waals surface area contributed by atoms with Crippen LogP contribution in [0.3, 0.4) is 0 Å². The number of hydrogen-bond donors (Lipinski definition) is 2. The van der Waals surface area contributed by atoms with Crippen molar-refractivity contribution >= 4 is 0 Å². The van der Waals surface area contributed by atoms with E-state index in [1.165, 1.54) is 6.92 Å². The maximum Gasteiger partial charge on any atom is 0.253 e. The van der Waals surface area contributed by atoms with Crippen LogP contribution in [0.25, 0.3) is 0 Å². The number of nitrogens with zero attached hydrogens (tertiary/aromatic N) is 1. The summed E-state index contributed by atoms with van der Waals surface area (Å²) in [5, 5.41) is 18.6. The third-order valence-electron chi connectivity index (χ3n) is 0.564. The molecule has 0 bridgehead atoms. The first kappa shape index (κ1) is 7.32. The van der Waals surface area contributed by atoms with Crippen molar-refractivity contribution in [2.75, 3.05) is 0 Å². The monoisotopic (exact) mass is 121 g/mol. The van der Waals surface area contributed by atoms with Crippen LogP contribution in [0.2, 0.25) is 0 Å². The van der Waals surface area contributed by atoms with Gasteiger partial charge in [0, 0.05) is 0 Å². The Balaban J connectivity index is 3.30. The van der Waals surface area contributed by atoms with E-state index in [2.05, 4.69) is 4.84 Å². The van der Waals surface area contributed by atoms with Gasteiger partial charge in [-0.2, -0.15) is 0 Å². The van der Waals surface area contributed by atoms with E-state index < -0.39 is 12.4 Å². The lowest BCUT2D eigenvalue weighted by Gasteiger charge is -2.06. The van der Waals surface area contributed by atoms with Gasteiger partial charge < -0.3 is 15.1 Å². The zero-order valence-corrected chi connectivity index (χ0v) is 4.31. The van der Waals surface area contributed by atoms with Crippen LogP contribution >= 0.6 is 0 Å². The van der Waals surface area contributed by atoms with Crippen LogP contribution in [0, 0.1) is 4.91 Å². The van der Waals surface area contributed by atoms with Crippen molar-refractivity contribution in [2.24, 2.45) is 5.34 Å². The van der Waals surface area contributed by atoms with Crippen LogP contribution in [0.1, 0.15) is 6.92 Å². The van der Waals surface area contributed by atoms with Gasteiger partial charge in [0.1, 0.15) is 6.10 Å². The summed E-state index contributed by atoms with van der Waals surface area (Å²) in [4.78, 5) is 12.9. The lowest BCUT2D eigenvalue weighted by atomic mass is 10.4. The topological polar surface area (TPSA) is 79.1 Å². The van der Waals surface area contributed by atoms with Gasteiger partial charge in [-0.1, -0.05) is 0 Å². The summed E-state index contributed by atoms with van der Waals surface area (Å²) in [6.07, 6.45) is -2.60. The van der Waals surface area contributed by atoms with Crippen LogP contribution in [-0.2, 0) is 4.84 Å². The Labute approximate surface area is 45.8 Å². The first-order valence-electron chi connectivity index (χ1n) is 2.03. The SMILES string of the molecule is CC(O)C(O)ON=O. The second-order valence-electron chi connectivity index (χ2n) is 1.31. The van der Waals surface area contributed by atoms with Gasteiger partial charge in [-0.25, -0.2) is 0 Å². The largest absolute Gasteiger partial charge is 0.387 e. The highest BCUT2D eigenvalue weighted by molar-refractivity contribution is 4.45. The van der Waals surface area contributed by atoms with E-state index in [1.54, 1.807) is 0 Å². The van der Waals surface area contributed by atoms with Gasteiger partial charge in [0.25, 0.3) is 6.29 Å². The van der Waals surface area contributed by atoms with Gasteiger partial charge in [0.2, 0.25) is 0 Å². The van der Waals surface area contributed by atoms with E-state index >= 15 is 0 Å². The summed E-state index contributed by atoms with van der Waals surface area (Å²) < 4.78 is 0. The summed E-state index contributed by atoms with van der Waals surface area (Å²) >= 11 is 0. The number of aliphatic hydroxyl groups excluding tert-OH is 2. The lowest BCUT2D eigenvalue weighted by Crippen LogP contribution is -2.23. The predicted octanol–water partition coefficient (Wildman–Crippen LogP) is -0.616. The fourth-order valence-electron chi connectivity index (χ4n) is 0.132. The number of aliphatic hydroxyl groups is 2. The first-order valence-corrected chi connectivity index (χ1v) is 2.03. The Morgan fingerprint density at radius 2 is 2.12 bits per heavy atom. The standard InChI is InChI=1S/C3H7NO4/c1-2(5)3(6)8-4-7/h2-3,5-6H,1H3. The fourth-order valence-corrected chi connectivity index (χ4v) is 0.132. The zero-order valence-electron chi connectivity index (χ0n) is 4.31. The van der Waals surface area contributed by atoms with E-state index in [1.807, 2.05) is 5.34 Å². The van der Waals surface area contributed by atoms with E-state index in [-0.39, 0.29) is 0 Å². The second kappa shape index (κ2) is 3.34. The summed E-state index contributed by atoms with van der Waals surface area (Å²) in [6.45, 7) is 1.27. The first-order chi connectivity index (χ1) is 3.68. The Kier molecular flexibility index (Phi) is 3.05. The van der Waals surface area contributed by atoms with Crippen LogP contribution in [0.5, 0.6) is 0 Å². The molecule has 0 saturated heterocycles. The fraction of sp³-hybridized carbons (Fsp3) is 1.00. The third kappa shape index (κ3) is 2.49. The summed E-state index contributed by atoms with van der Waals surface area (Å²) in [5.41, 5.74) is 0. The molecule has 0 aromatic carbocycles. The molecule has 5 nitrogen and oxygen atoms in total. The highest BCUT2D eigenvalue weighted by atomic mass is 16.8. The molecule has 0 radical (unpaired) electrons. The van der Waals surface area contributed by atoms with Gasteiger partial charge in [-0.3, -0.25) is 0 Å². The van der Waals surface area contributed by atoms with Crippen LogP contribution in [0.15, 0.2) is 5.34 Å². The van der Waals surface area contributed by atoms with Crippen LogP contribution in [-0.4, -0.2) is 22.6 Å². The van der Waals surface area contributed by atoms with Crippen molar-refractivity contribution in [1.82, 2.24) is 0 Å². The highest BCUT2D eigenvalue weighted by Crippen LogP contribution is 1.92. The van der Waals surface area contributed by atoms with Crippen molar-refractivity contribution in [3.05, 3.63) is 4.91 Å². The molecule has 8 heavy (non-hydrogen) atoms. The Morgan fingerprint density at radius 1 is 1.62 bits per heavy atom. The molecule has 0 aromatic heterocycles. The quantitative estimate of drug-likeness (QED) is 0.296. The van der Waals surface area contributed by atoms with Gasteiger partial charge in [0.15, 0.2) is 5.34 Å². The Bertz CT molecular complexity index is 73.7. The molecule has 0 fully saturated rings. The molecule has 0 aliphatic heterocycles. The molecule has 0 saturated carbocycles. The number of hydrogen-bond acceptors (Lipinski definition) is 5. The molecular formula is C3H7NO4. The molecule has 0 aliphatic carbocycles. The lowest BCUT2D eigenvalue weighted by molar-refractivity contribution is -0.157. The number of rotatable bonds is 3. The van der Waals surface area contributed by atoms with Gasteiger partial charge >= 0.3 is 0 Å². The molecule has 0 heterocycles. The van der Waals surface area contributed by atoms with E-state index in [4.69, 9.17) is 10.2 Å². The average Bonchev–Trinajstić information content (AvgIpc) is 1.67. The van der Waals surface area contributed by atoms with Crippen molar-refractivity contribution in [3.8, 4) is 0 Å². The minimum Gasteiger partial charge on any atom is -0.387 e. The molecule has 0 aromatic rings. The molecule has 0 rings (SSSR count). The highest BCUT2D eigenvalue weighted by Gasteiger charge is 2.10. The molecule has 2 unspecified atom stereocenters. The van der Waals surface area contributed by atoms with Crippen molar-refractivity contribution < 1.29 is 15.1 Å². The molecule has 2 atom stereocenters.